The number of hydrogen-bond acceptors (Lipinski definition) is 2. The maximum Gasteiger partial charge on any atom is 0.227 e. The monoisotopic (exact) mass is 292 g/mol. The Hall–Kier alpha value is -1.42. The van der Waals surface area contributed by atoms with Crippen molar-refractivity contribution in [3.8, 4) is 0 Å². The summed E-state index contributed by atoms with van der Waals surface area (Å²) in [4.78, 5) is 14.2. The fraction of sp³-hybridized carbons (Fsp3) is 0.588. The number of amides is 1. The van der Waals surface area contributed by atoms with E-state index in [1.165, 1.54) is 25.0 Å². The van der Waals surface area contributed by atoms with Gasteiger partial charge in [0.05, 0.1) is 0 Å². The van der Waals surface area contributed by atoms with E-state index >= 15 is 0 Å². The molecule has 1 fully saturated rings. The third-order valence-corrected chi connectivity index (χ3v) is 4.37. The molecule has 2 atom stereocenters. The van der Waals surface area contributed by atoms with Gasteiger partial charge in [0.25, 0.3) is 0 Å². The van der Waals surface area contributed by atoms with Gasteiger partial charge in [-0.15, -0.1) is 0 Å². The van der Waals surface area contributed by atoms with Crippen molar-refractivity contribution in [2.75, 3.05) is 24.5 Å². The Kier molecular flexibility index (Phi) is 5.74. The van der Waals surface area contributed by atoms with Crippen LogP contribution in [0, 0.1) is 17.7 Å². The van der Waals surface area contributed by atoms with Gasteiger partial charge in [0.1, 0.15) is 5.82 Å². The molecule has 116 valence electrons. The Morgan fingerprint density at radius 3 is 2.95 bits per heavy atom. The molecule has 1 aromatic carbocycles. The largest absolute Gasteiger partial charge is 0.316 e. The molecule has 0 spiro atoms. The summed E-state index contributed by atoms with van der Waals surface area (Å²) in [6, 6.07) is 6.26. The number of hydrogen-bond donors (Lipinski definition) is 1. The zero-order chi connectivity index (χ0) is 15.2. The second kappa shape index (κ2) is 7.55. The van der Waals surface area contributed by atoms with Crippen LogP contribution in [-0.2, 0) is 4.79 Å². The predicted octanol–water partition coefficient (Wildman–Crippen LogP) is 3.20. The number of benzene rings is 1. The molecule has 4 heteroatoms. The molecule has 3 nitrogen and oxygen atoms in total. The Morgan fingerprint density at radius 1 is 1.52 bits per heavy atom. The van der Waals surface area contributed by atoms with Crippen LogP contribution in [-0.4, -0.2) is 25.5 Å². The van der Waals surface area contributed by atoms with Crippen molar-refractivity contribution < 1.29 is 9.18 Å². The Bertz CT molecular complexity index is 472. The summed E-state index contributed by atoms with van der Waals surface area (Å²) in [7, 11) is 0. The van der Waals surface area contributed by atoms with Crippen molar-refractivity contribution in [2.24, 2.45) is 11.8 Å². The lowest BCUT2D eigenvalue weighted by molar-refractivity contribution is -0.119. The van der Waals surface area contributed by atoms with Crippen molar-refractivity contribution in [3.63, 3.8) is 0 Å². The second-order valence-corrected chi connectivity index (χ2v) is 5.91. The molecule has 1 aromatic rings. The minimum Gasteiger partial charge on any atom is -0.316 e. The lowest BCUT2D eigenvalue weighted by Crippen LogP contribution is -2.37. The first-order chi connectivity index (χ1) is 10.1. The normalized spacial score (nSPS) is 20.0. The molecule has 21 heavy (non-hydrogen) atoms. The van der Waals surface area contributed by atoms with Crippen LogP contribution < -0.4 is 10.2 Å². The van der Waals surface area contributed by atoms with Crippen LogP contribution in [0.3, 0.4) is 0 Å². The van der Waals surface area contributed by atoms with Gasteiger partial charge in [0.2, 0.25) is 5.91 Å². The summed E-state index contributed by atoms with van der Waals surface area (Å²) in [6.07, 6.45) is 2.90. The van der Waals surface area contributed by atoms with Crippen LogP contribution in [0.4, 0.5) is 10.1 Å². The van der Waals surface area contributed by atoms with E-state index in [4.69, 9.17) is 0 Å². The van der Waals surface area contributed by atoms with E-state index in [1.54, 1.807) is 17.0 Å². The highest BCUT2D eigenvalue weighted by atomic mass is 19.1. The summed E-state index contributed by atoms with van der Waals surface area (Å²) in [5.74, 6) is 0.700. The van der Waals surface area contributed by atoms with Gasteiger partial charge in [-0.2, -0.15) is 0 Å². The molecule has 0 aromatic heterocycles. The second-order valence-electron chi connectivity index (χ2n) is 5.91. The number of nitrogens with zero attached hydrogens (tertiary/aromatic N) is 1. The number of carbonyl (C=O) groups excluding carboxylic acids is 1. The van der Waals surface area contributed by atoms with Gasteiger partial charge >= 0.3 is 0 Å². The third kappa shape index (κ3) is 4.27. The number of halogens is 1. The van der Waals surface area contributed by atoms with E-state index in [9.17, 15) is 9.18 Å². The molecule has 0 radical (unpaired) electrons. The lowest BCUT2D eigenvalue weighted by atomic mass is 9.85. The fourth-order valence-electron chi connectivity index (χ4n) is 3.06. The van der Waals surface area contributed by atoms with Gasteiger partial charge in [-0.1, -0.05) is 13.0 Å². The summed E-state index contributed by atoms with van der Waals surface area (Å²) >= 11 is 0. The van der Waals surface area contributed by atoms with Crippen LogP contribution in [0.25, 0.3) is 0 Å². The molecule has 1 amide bonds. The van der Waals surface area contributed by atoms with Crippen molar-refractivity contribution in [3.05, 3.63) is 30.1 Å². The van der Waals surface area contributed by atoms with Crippen molar-refractivity contribution in [1.29, 1.82) is 0 Å². The smallest absolute Gasteiger partial charge is 0.227 e. The first-order valence-corrected chi connectivity index (χ1v) is 7.88. The first-order valence-electron chi connectivity index (χ1n) is 7.88. The van der Waals surface area contributed by atoms with Crippen molar-refractivity contribution >= 4 is 11.6 Å². The topological polar surface area (TPSA) is 32.3 Å². The predicted molar refractivity (Wildman–Crippen MR) is 83.8 cm³/mol. The van der Waals surface area contributed by atoms with Gasteiger partial charge in [-0.3, -0.25) is 4.79 Å². The van der Waals surface area contributed by atoms with Gasteiger partial charge in [0, 0.05) is 18.7 Å². The van der Waals surface area contributed by atoms with E-state index in [2.05, 4.69) is 12.2 Å². The highest BCUT2D eigenvalue weighted by Gasteiger charge is 2.24. The van der Waals surface area contributed by atoms with E-state index in [0.717, 1.165) is 13.1 Å². The molecule has 2 rings (SSSR count). The minimum absolute atomic E-state index is 0.0844. The van der Waals surface area contributed by atoms with Gasteiger partial charge in [0.15, 0.2) is 0 Å². The average molecular weight is 292 g/mol. The molecule has 1 heterocycles. The molecular weight excluding hydrogens is 267 g/mol. The SMILES string of the molecule is CCN(C(=O)CC(C)C1CCCNC1)c1cccc(F)c1. The summed E-state index contributed by atoms with van der Waals surface area (Å²) in [6.45, 7) is 6.73. The third-order valence-electron chi connectivity index (χ3n) is 4.37. The zero-order valence-electron chi connectivity index (χ0n) is 12.9. The van der Waals surface area contributed by atoms with E-state index < -0.39 is 0 Å². The van der Waals surface area contributed by atoms with E-state index in [0.29, 0.717) is 30.5 Å². The van der Waals surface area contributed by atoms with Crippen molar-refractivity contribution in [2.45, 2.75) is 33.1 Å². The molecular formula is C17H25FN2O. The quantitative estimate of drug-likeness (QED) is 0.904. The molecule has 1 aliphatic rings. The summed E-state index contributed by atoms with van der Waals surface area (Å²) in [5, 5.41) is 3.40. The number of piperidine rings is 1. The maximum absolute atomic E-state index is 13.3. The highest BCUT2D eigenvalue weighted by Crippen LogP contribution is 2.25. The lowest BCUT2D eigenvalue weighted by Gasteiger charge is -2.30. The average Bonchev–Trinajstić information content (AvgIpc) is 2.49. The Balaban J connectivity index is 1.99. The number of nitrogens with one attached hydrogen (secondary N) is 1. The van der Waals surface area contributed by atoms with Crippen LogP contribution in [0.15, 0.2) is 24.3 Å². The fourth-order valence-corrected chi connectivity index (χ4v) is 3.06. The van der Waals surface area contributed by atoms with Gasteiger partial charge in [-0.25, -0.2) is 4.39 Å². The summed E-state index contributed by atoms with van der Waals surface area (Å²) < 4.78 is 13.3. The van der Waals surface area contributed by atoms with Crippen LogP contribution >= 0.6 is 0 Å². The molecule has 1 aliphatic heterocycles. The standard InChI is InChI=1S/C17H25FN2O/c1-3-20(16-8-4-7-15(18)11-16)17(21)10-13(2)14-6-5-9-19-12-14/h4,7-8,11,13-14,19H,3,5-6,9-10,12H2,1-2H3. The molecule has 1 saturated heterocycles. The summed E-state index contributed by atoms with van der Waals surface area (Å²) in [5.41, 5.74) is 0.650. The number of carbonyl (C=O) groups is 1. The molecule has 0 saturated carbocycles. The zero-order valence-corrected chi connectivity index (χ0v) is 12.9. The molecule has 0 bridgehead atoms. The Morgan fingerprint density at radius 2 is 2.33 bits per heavy atom. The van der Waals surface area contributed by atoms with Gasteiger partial charge in [-0.05, 0) is 62.9 Å². The molecule has 2 unspecified atom stereocenters. The van der Waals surface area contributed by atoms with E-state index in [-0.39, 0.29) is 11.7 Å². The van der Waals surface area contributed by atoms with Crippen LogP contribution in [0.5, 0.6) is 0 Å². The number of anilines is 1. The molecule has 0 aliphatic carbocycles. The van der Waals surface area contributed by atoms with Crippen LogP contribution in [0.2, 0.25) is 0 Å². The molecule has 1 N–H and O–H groups in total. The van der Waals surface area contributed by atoms with Gasteiger partial charge < -0.3 is 10.2 Å². The highest BCUT2D eigenvalue weighted by molar-refractivity contribution is 5.93. The maximum atomic E-state index is 13.3. The Labute approximate surface area is 126 Å². The van der Waals surface area contributed by atoms with Crippen molar-refractivity contribution in [1.82, 2.24) is 5.32 Å². The minimum atomic E-state index is -0.303. The number of rotatable bonds is 5. The van der Waals surface area contributed by atoms with E-state index in [1.807, 2.05) is 6.92 Å². The van der Waals surface area contributed by atoms with Crippen LogP contribution in [0.1, 0.15) is 33.1 Å². The first kappa shape index (κ1) is 16.0.